The lowest BCUT2D eigenvalue weighted by Crippen LogP contribution is -2.22. The van der Waals surface area contributed by atoms with Gasteiger partial charge in [0.15, 0.2) is 0 Å². The minimum atomic E-state index is -0.151. The minimum Gasteiger partial charge on any atom is -0.477 e. The first-order valence-corrected chi connectivity index (χ1v) is 10.2. The molecule has 1 unspecified atom stereocenters. The molecule has 0 aliphatic heterocycles. The fourth-order valence-corrected chi connectivity index (χ4v) is 3.49. The molecule has 0 spiro atoms. The number of allylic oxidation sites excluding steroid dienone is 1. The van der Waals surface area contributed by atoms with Crippen molar-refractivity contribution in [1.29, 1.82) is 0 Å². The molecule has 2 aromatic carbocycles. The summed E-state index contributed by atoms with van der Waals surface area (Å²) in [4.78, 5) is 0. The maximum atomic E-state index is 6.17. The van der Waals surface area contributed by atoms with E-state index in [0.29, 0.717) is 8.81 Å². The molecule has 0 aliphatic carbocycles. The van der Waals surface area contributed by atoms with E-state index in [-0.39, 0.29) is 10.8 Å². The van der Waals surface area contributed by atoms with E-state index >= 15 is 0 Å². The van der Waals surface area contributed by atoms with Crippen molar-refractivity contribution in [2.45, 2.75) is 52.4 Å². The average Bonchev–Trinajstić information content (AvgIpc) is 2.54. The fraction of sp³-hybridized carbons (Fsp3) is 0.391. The average molecular weight is 354 g/mol. The van der Waals surface area contributed by atoms with Gasteiger partial charge in [0, 0.05) is 16.5 Å². The van der Waals surface area contributed by atoms with Gasteiger partial charge in [0.1, 0.15) is 5.75 Å². The second-order valence-electron chi connectivity index (χ2n) is 8.23. The van der Waals surface area contributed by atoms with Crippen molar-refractivity contribution < 1.29 is 4.52 Å². The van der Waals surface area contributed by atoms with Crippen molar-refractivity contribution in [1.82, 2.24) is 0 Å². The zero-order chi connectivity index (χ0) is 18.8. The molecule has 0 saturated heterocycles. The predicted molar refractivity (Wildman–Crippen MR) is 113 cm³/mol. The Labute approximate surface area is 155 Å². The molecular weight excluding hydrogens is 323 g/mol. The molecule has 2 heteroatoms. The van der Waals surface area contributed by atoms with Crippen LogP contribution in [0.3, 0.4) is 0 Å². The first-order chi connectivity index (χ1) is 11.6. The topological polar surface area (TPSA) is 9.23 Å². The first-order valence-electron chi connectivity index (χ1n) is 8.83. The molecule has 0 saturated carbocycles. The van der Waals surface area contributed by atoms with E-state index in [1.54, 1.807) is 0 Å². The van der Waals surface area contributed by atoms with Gasteiger partial charge in [-0.15, -0.1) is 0 Å². The summed E-state index contributed by atoms with van der Waals surface area (Å²) in [6.45, 7) is 19.7. The fourth-order valence-electron chi connectivity index (χ4n) is 3.07. The summed E-state index contributed by atoms with van der Waals surface area (Å²) in [5.41, 5.74) is 5.93. The largest absolute Gasteiger partial charge is 0.477 e. The molecule has 2 rings (SSSR count). The standard InChI is InChI=1S/C23H31OP/c1-16(2)19-14-18(22(3,4)5)15-20(21(19)24-25-8)23(6,7)17-12-10-9-11-13-17/h9-15,25H,1H2,2-8H3. The summed E-state index contributed by atoms with van der Waals surface area (Å²) < 4.78 is 6.17. The molecule has 25 heavy (non-hydrogen) atoms. The van der Waals surface area contributed by atoms with E-state index in [1.807, 2.05) is 0 Å². The van der Waals surface area contributed by atoms with Crippen molar-refractivity contribution >= 4 is 14.4 Å². The molecule has 1 nitrogen and oxygen atoms in total. The Balaban J connectivity index is 2.81. The second kappa shape index (κ2) is 7.34. The van der Waals surface area contributed by atoms with Gasteiger partial charge in [-0.2, -0.15) is 0 Å². The smallest absolute Gasteiger partial charge is 0.134 e. The molecule has 0 aromatic heterocycles. The number of benzene rings is 2. The number of rotatable bonds is 5. The van der Waals surface area contributed by atoms with Crippen LogP contribution in [0.15, 0.2) is 49.0 Å². The monoisotopic (exact) mass is 354 g/mol. The molecule has 0 amide bonds. The summed E-state index contributed by atoms with van der Waals surface area (Å²) in [5.74, 6) is 0.982. The van der Waals surface area contributed by atoms with Crippen molar-refractivity contribution in [3.05, 3.63) is 71.3 Å². The highest BCUT2D eigenvalue weighted by molar-refractivity contribution is 7.31. The lowest BCUT2D eigenvalue weighted by Gasteiger charge is -2.32. The number of hydrogen-bond donors (Lipinski definition) is 0. The van der Waals surface area contributed by atoms with Crippen molar-refractivity contribution in [2.24, 2.45) is 0 Å². The van der Waals surface area contributed by atoms with Gasteiger partial charge < -0.3 is 4.52 Å². The number of hydrogen-bond acceptors (Lipinski definition) is 1. The zero-order valence-corrected chi connectivity index (χ0v) is 17.7. The summed E-state index contributed by atoms with van der Waals surface area (Å²) in [7, 11) is 0.400. The Morgan fingerprint density at radius 3 is 2.04 bits per heavy atom. The van der Waals surface area contributed by atoms with Gasteiger partial charge in [0.05, 0.1) is 8.81 Å². The van der Waals surface area contributed by atoms with Gasteiger partial charge in [0.2, 0.25) is 0 Å². The summed E-state index contributed by atoms with van der Waals surface area (Å²) in [5, 5.41) is 0. The van der Waals surface area contributed by atoms with E-state index in [1.165, 1.54) is 16.7 Å². The Hall–Kier alpha value is -1.59. The Kier molecular flexibility index (Phi) is 5.79. The molecular formula is C23H31OP. The van der Waals surface area contributed by atoms with Crippen LogP contribution in [0.25, 0.3) is 5.57 Å². The minimum absolute atomic E-state index is 0.0682. The van der Waals surface area contributed by atoms with Gasteiger partial charge in [-0.1, -0.05) is 77.6 Å². The molecule has 0 aliphatic rings. The lowest BCUT2D eigenvalue weighted by molar-refractivity contribution is 0.552. The van der Waals surface area contributed by atoms with E-state index in [0.717, 1.165) is 16.9 Å². The van der Waals surface area contributed by atoms with Crippen LogP contribution in [0.1, 0.15) is 63.8 Å². The Morgan fingerprint density at radius 1 is 0.960 bits per heavy atom. The maximum absolute atomic E-state index is 6.17. The molecule has 2 aromatic rings. The van der Waals surface area contributed by atoms with Crippen LogP contribution in [0.5, 0.6) is 5.75 Å². The zero-order valence-electron chi connectivity index (χ0n) is 16.7. The third-order valence-corrected chi connectivity index (χ3v) is 5.20. The molecule has 134 valence electrons. The van der Waals surface area contributed by atoms with Crippen molar-refractivity contribution in [3.63, 3.8) is 0 Å². The van der Waals surface area contributed by atoms with Crippen molar-refractivity contribution in [3.8, 4) is 5.75 Å². The first kappa shape index (κ1) is 19.7. The van der Waals surface area contributed by atoms with Crippen LogP contribution in [0.2, 0.25) is 0 Å². The van der Waals surface area contributed by atoms with E-state index in [2.05, 4.69) is 97.3 Å². The molecule has 1 atom stereocenters. The maximum Gasteiger partial charge on any atom is 0.134 e. The molecule has 0 fully saturated rings. The van der Waals surface area contributed by atoms with E-state index < -0.39 is 0 Å². The quantitative estimate of drug-likeness (QED) is 0.528. The van der Waals surface area contributed by atoms with Crippen LogP contribution in [0.4, 0.5) is 0 Å². The molecule has 0 bridgehead atoms. The summed E-state index contributed by atoms with van der Waals surface area (Å²) in [6.07, 6.45) is 0. The molecule has 0 radical (unpaired) electrons. The Morgan fingerprint density at radius 2 is 1.56 bits per heavy atom. The van der Waals surface area contributed by atoms with Crippen molar-refractivity contribution in [2.75, 3.05) is 6.66 Å². The highest BCUT2D eigenvalue weighted by Gasteiger charge is 2.30. The van der Waals surface area contributed by atoms with Crippen LogP contribution in [0, 0.1) is 0 Å². The van der Waals surface area contributed by atoms with Gasteiger partial charge in [-0.25, -0.2) is 0 Å². The van der Waals surface area contributed by atoms with Crippen LogP contribution < -0.4 is 4.52 Å². The molecule has 0 N–H and O–H groups in total. The van der Waals surface area contributed by atoms with Crippen LogP contribution in [-0.4, -0.2) is 6.66 Å². The van der Waals surface area contributed by atoms with Crippen LogP contribution in [-0.2, 0) is 10.8 Å². The van der Waals surface area contributed by atoms with Crippen LogP contribution >= 0.6 is 8.81 Å². The third kappa shape index (κ3) is 4.15. The Bertz CT molecular complexity index is 752. The van der Waals surface area contributed by atoms with Gasteiger partial charge in [0.25, 0.3) is 0 Å². The normalized spacial score (nSPS) is 12.6. The SMILES string of the molecule is C=C(C)c1cc(C(C)(C)C)cc(C(C)(C)c2ccccc2)c1OPC. The summed E-state index contributed by atoms with van der Waals surface area (Å²) in [6, 6.07) is 15.2. The van der Waals surface area contributed by atoms with E-state index in [4.69, 9.17) is 4.52 Å². The molecule has 0 heterocycles. The van der Waals surface area contributed by atoms with E-state index in [9.17, 15) is 0 Å². The second-order valence-corrected chi connectivity index (χ2v) is 8.84. The predicted octanol–water partition coefficient (Wildman–Crippen LogP) is 6.95. The van der Waals surface area contributed by atoms with Gasteiger partial charge in [-0.05, 0) is 41.8 Å². The third-order valence-electron chi connectivity index (χ3n) is 4.79. The van der Waals surface area contributed by atoms with Gasteiger partial charge in [-0.3, -0.25) is 0 Å². The van der Waals surface area contributed by atoms with Gasteiger partial charge >= 0.3 is 0 Å². The highest BCUT2D eigenvalue weighted by Crippen LogP contribution is 2.44. The highest BCUT2D eigenvalue weighted by atomic mass is 31.1. The lowest BCUT2D eigenvalue weighted by atomic mass is 9.74. The summed E-state index contributed by atoms with van der Waals surface area (Å²) >= 11 is 0.